The summed E-state index contributed by atoms with van der Waals surface area (Å²) in [4.78, 5) is 44.5. The van der Waals surface area contributed by atoms with Gasteiger partial charge in [0.25, 0.3) is 11.8 Å². The minimum Gasteiger partial charge on any atom is -0.312 e. The standard InChI is InChI=1S/C22H10Cl4N2O4/c23-11-5-7-13(16(25)9-11)20(29)28-18-4-2-1-3-15(18)19(21(28)30)27-32-22(31)14-8-6-12(24)10-17(14)26/h1-10H. The third-order valence-corrected chi connectivity index (χ3v) is 5.64. The van der Waals surface area contributed by atoms with Crippen LogP contribution in [0, 0.1) is 0 Å². The summed E-state index contributed by atoms with van der Waals surface area (Å²) < 4.78 is 0. The lowest BCUT2D eigenvalue weighted by Crippen LogP contribution is -2.36. The number of hydrogen-bond donors (Lipinski definition) is 0. The minimum absolute atomic E-state index is 0.0139. The number of benzene rings is 3. The van der Waals surface area contributed by atoms with E-state index in [0.29, 0.717) is 15.6 Å². The first-order valence-corrected chi connectivity index (χ1v) is 10.5. The van der Waals surface area contributed by atoms with Crippen molar-refractivity contribution in [2.75, 3.05) is 4.90 Å². The van der Waals surface area contributed by atoms with E-state index in [4.69, 9.17) is 51.2 Å². The predicted molar refractivity (Wildman–Crippen MR) is 123 cm³/mol. The molecule has 32 heavy (non-hydrogen) atoms. The van der Waals surface area contributed by atoms with Crippen LogP contribution in [-0.2, 0) is 9.63 Å². The lowest BCUT2D eigenvalue weighted by molar-refractivity contribution is -0.111. The summed E-state index contributed by atoms with van der Waals surface area (Å²) in [6.07, 6.45) is 0. The number of para-hydroxylation sites is 1. The SMILES string of the molecule is O=C(ON=C1C(=O)N(C(=O)c2ccc(Cl)cc2Cl)c2ccccc21)c1ccc(Cl)cc1Cl. The molecular weight excluding hydrogens is 498 g/mol. The van der Waals surface area contributed by atoms with Gasteiger partial charge in [-0.3, -0.25) is 9.59 Å². The fourth-order valence-electron chi connectivity index (χ4n) is 3.06. The van der Waals surface area contributed by atoms with Crippen LogP contribution >= 0.6 is 46.4 Å². The van der Waals surface area contributed by atoms with Gasteiger partial charge < -0.3 is 4.84 Å². The van der Waals surface area contributed by atoms with E-state index in [-0.39, 0.29) is 32.6 Å². The third-order valence-electron chi connectivity index (χ3n) is 4.54. The highest BCUT2D eigenvalue weighted by atomic mass is 35.5. The van der Waals surface area contributed by atoms with Gasteiger partial charge >= 0.3 is 5.97 Å². The van der Waals surface area contributed by atoms with Crippen LogP contribution < -0.4 is 4.90 Å². The molecule has 1 aliphatic heterocycles. The molecule has 0 aromatic heterocycles. The van der Waals surface area contributed by atoms with Gasteiger partial charge in [0.2, 0.25) is 0 Å². The smallest absolute Gasteiger partial charge is 0.312 e. The molecule has 10 heteroatoms. The second-order valence-electron chi connectivity index (χ2n) is 6.53. The maximum Gasteiger partial charge on any atom is 0.367 e. The highest BCUT2D eigenvalue weighted by Gasteiger charge is 2.39. The number of oxime groups is 1. The summed E-state index contributed by atoms with van der Waals surface area (Å²) >= 11 is 23.9. The van der Waals surface area contributed by atoms with E-state index in [1.807, 2.05) is 0 Å². The van der Waals surface area contributed by atoms with Crippen molar-refractivity contribution in [1.82, 2.24) is 0 Å². The van der Waals surface area contributed by atoms with Crippen LogP contribution in [0.1, 0.15) is 26.3 Å². The number of imide groups is 1. The normalized spacial score (nSPS) is 13.9. The van der Waals surface area contributed by atoms with Crippen molar-refractivity contribution in [3.63, 3.8) is 0 Å². The van der Waals surface area contributed by atoms with Crippen molar-refractivity contribution < 1.29 is 19.2 Å². The van der Waals surface area contributed by atoms with Crippen LogP contribution in [0.5, 0.6) is 0 Å². The molecule has 2 amide bonds. The molecule has 3 aromatic carbocycles. The third kappa shape index (κ3) is 4.10. The first-order valence-electron chi connectivity index (χ1n) is 8.95. The molecule has 160 valence electrons. The Kier molecular flexibility index (Phi) is 6.22. The molecule has 4 rings (SSSR count). The molecule has 1 heterocycles. The monoisotopic (exact) mass is 506 g/mol. The highest BCUT2D eigenvalue weighted by molar-refractivity contribution is 6.59. The van der Waals surface area contributed by atoms with E-state index in [0.717, 1.165) is 4.90 Å². The number of amides is 2. The lowest BCUT2D eigenvalue weighted by atomic mass is 10.1. The van der Waals surface area contributed by atoms with Crippen molar-refractivity contribution in [2.45, 2.75) is 0 Å². The first-order chi connectivity index (χ1) is 15.3. The van der Waals surface area contributed by atoms with E-state index in [1.165, 1.54) is 36.4 Å². The second kappa shape index (κ2) is 8.92. The Morgan fingerprint density at radius 2 is 1.41 bits per heavy atom. The minimum atomic E-state index is -0.894. The van der Waals surface area contributed by atoms with Gasteiger partial charge in [-0.1, -0.05) is 69.8 Å². The van der Waals surface area contributed by atoms with Gasteiger partial charge in [0.05, 0.1) is 26.9 Å². The molecular formula is C22H10Cl4N2O4. The number of rotatable bonds is 3. The summed E-state index contributed by atoms with van der Waals surface area (Å²) in [5, 5.41) is 4.56. The average molecular weight is 508 g/mol. The number of halogens is 4. The zero-order chi connectivity index (χ0) is 23.0. The van der Waals surface area contributed by atoms with E-state index in [1.54, 1.807) is 24.3 Å². The van der Waals surface area contributed by atoms with Gasteiger partial charge in [0.1, 0.15) is 0 Å². The van der Waals surface area contributed by atoms with Gasteiger partial charge in [0, 0.05) is 15.6 Å². The maximum atomic E-state index is 13.1. The average Bonchev–Trinajstić information content (AvgIpc) is 3.02. The van der Waals surface area contributed by atoms with Crippen molar-refractivity contribution in [3.05, 3.63) is 97.4 Å². The van der Waals surface area contributed by atoms with E-state index < -0.39 is 17.8 Å². The molecule has 0 atom stereocenters. The second-order valence-corrected chi connectivity index (χ2v) is 8.22. The molecule has 0 aliphatic carbocycles. The molecule has 0 saturated carbocycles. The van der Waals surface area contributed by atoms with Crippen molar-refractivity contribution in [3.8, 4) is 0 Å². The van der Waals surface area contributed by atoms with Gasteiger partial charge in [-0.05, 0) is 42.5 Å². The maximum absolute atomic E-state index is 13.1. The number of carbonyl (C=O) groups is 3. The molecule has 0 radical (unpaired) electrons. The molecule has 1 aliphatic rings. The molecule has 0 unspecified atom stereocenters. The number of anilines is 1. The van der Waals surface area contributed by atoms with E-state index >= 15 is 0 Å². The van der Waals surface area contributed by atoms with Gasteiger partial charge in [-0.15, -0.1) is 0 Å². The van der Waals surface area contributed by atoms with Crippen LogP contribution in [0.4, 0.5) is 5.69 Å². The summed E-state index contributed by atoms with van der Waals surface area (Å²) in [6.45, 7) is 0. The van der Waals surface area contributed by atoms with Crippen LogP contribution in [0.2, 0.25) is 20.1 Å². The lowest BCUT2D eigenvalue weighted by Gasteiger charge is -2.15. The molecule has 0 fully saturated rings. The molecule has 0 saturated heterocycles. The molecule has 6 nitrogen and oxygen atoms in total. The van der Waals surface area contributed by atoms with Crippen LogP contribution in [0.3, 0.4) is 0 Å². The highest BCUT2D eigenvalue weighted by Crippen LogP contribution is 2.33. The van der Waals surface area contributed by atoms with E-state index in [2.05, 4.69) is 5.16 Å². The van der Waals surface area contributed by atoms with Gasteiger partial charge in [-0.2, -0.15) is 0 Å². The van der Waals surface area contributed by atoms with Gasteiger partial charge in [-0.25, -0.2) is 9.69 Å². The largest absolute Gasteiger partial charge is 0.367 e. The Labute approximate surface area is 201 Å². The van der Waals surface area contributed by atoms with Crippen LogP contribution in [0.25, 0.3) is 0 Å². The summed E-state index contributed by atoms with van der Waals surface area (Å²) in [5.41, 5.74) is 0.446. The Bertz CT molecular complexity index is 1320. The Hall–Kier alpha value is -2.90. The summed E-state index contributed by atoms with van der Waals surface area (Å²) in [6, 6.07) is 15.0. The zero-order valence-corrected chi connectivity index (χ0v) is 18.8. The van der Waals surface area contributed by atoms with Gasteiger partial charge in [0.15, 0.2) is 5.71 Å². The zero-order valence-electron chi connectivity index (χ0n) is 15.8. The summed E-state index contributed by atoms with van der Waals surface area (Å²) in [5.74, 6) is -2.35. The summed E-state index contributed by atoms with van der Waals surface area (Å²) in [7, 11) is 0. The Balaban J connectivity index is 1.68. The van der Waals surface area contributed by atoms with E-state index in [9.17, 15) is 14.4 Å². The van der Waals surface area contributed by atoms with Crippen LogP contribution in [0.15, 0.2) is 65.8 Å². The molecule has 0 spiro atoms. The first kappa shape index (κ1) is 22.3. The Morgan fingerprint density at radius 3 is 2.03 bits per heavy atom. The van der Waals surface area contributed by atoms with Crippen molar-refractivity contribution >= 4 is 75.6 Å². The fraction of sp³-hybridized carbons (Fsp3) is 0. The number of nitrogens with zero attached hydrogens (tertiary/aromatic N) is 2. The molecule has 0 N–H and O–H groups in total. The quantitative estimate of drug-likeness (QED) is 0.245. The molecule has 3 aromatic rings. The predicted octanol–water partition coefficient (Wildman–Crippen LogP) is 6.05. The topological polar surface area (TPSA) is 76.0 Å². The van der Waals surface area contributed by atoms with Crippen molar-refractivity contribution in [2.24, 2.45) is 5.16 Å². The number of hydrogen-bond acceptors (Lipinski definition) is 5. The number of carbonyl (C=O) groups excluding carboxylic acids is 3. The van der Waals surface area contributed by atoms with Crippen molar-refractivity contribution in [1.29, 1.82) is 0 Å². The number of fused-ring (bicyclic) bond motifs is 1. The fourth-order valence-corrected chi connectivity index (χ4v) is 4.04. The van der Waals surface area contributed by atoms with Crippen LogP contribution in [-0.4, -0.2) is 23.5 Å². The molecule has 0 bridgehead atoms. The Morgan fingerprint density at radius 1 is 0.812 bits per heavy atom.